The molecule has 0 bridgehead atoms. The highest BCUT2D eigenvalue weighted by Gasteiger charge is 2.32. The summed E-state index contributed by atoms with van der Waals surface area (Å²) in [6.07, 6.45) is 0.893. The van der Waals surface area contributed by atoms with Gasteiger partial charge in [0.2, 0.25) is 0 Å². The van der Waals surface area contributed by atoms with Crippen LogP contribution < -0.4 is 10.1 Å². The Balaban J connectivity index is 1.91. The highest BCUT2D eigenvalue weighted by molar-refractivity contribution is 5.89. The van der Waals surface area contributed by atoms with E-state index in [9.17, 15) is 15.0 Å². The van der Waals surface area contributed by atoms with Gasteiger partial charge < -0.3 is 19.9 Å². The van der Waals surface area contributed by atoms with E-state index in [0.717, 1.165) is 22.0 Å². The minimum Gasteiger partial charge on any atom is -0.492 e. The summed E-state index contributed by atoms with van der Waals surface area (Å²) < 4.78 is 5.88. The predicted molar refractivity (Wildman–Crippen MR) is 93.1 cm³/mol. The molecule has 2 aromatic carbocycles. The molecule has 4 N–H and O–H groups in total. The van der Waals surface area contributed by atoms with Crippen molar-refractivity contribution in [2.24, 2.45) is 0 Å². The predicted octanol–water partition coefficient (Wildman–Crippen LogP) is 2.60. The van der Waals surface area contributed by atoms with E-state index in [-0.39, 0.29) is 11.5 Å². The molecule has 2 unspecified atom stereocenters. The molecule has 0 saturated heterocycles. The van der Waals surface area contributed by atoms with Gasteiger partial charge in [-0.05, 0) is 36.9 Å². The normalized spacial score (nSPS) is 17.3. The standard InChI is InChI=1S/C19H18N2O4/c1-20-18(22)14-8-10(19(23)24)7-13-15(9-25-17(13)14)11-3-2-4-16-12(11)5-6-21-16/h2-8,15,18,20-22H,9H2,1H3,(H,23,24). The summed E-state index contributed by atoms with van der Waals surface area (Å²) in [5, 5.41) is 23.5. The zero-order valence-electron chi connectivity index (χ0n) is 13.6. The average molecular weight is 338 g/mol. The van der Waals surface area contributed by atoms with Crippen LogP contribution in [0.4, 0.5) is 0 Å². The van der Waals surface area contributed by atoms with Crippen molar-refractivity contribution in [2.75, 3.05) is 13.7 Å². The van der Waals surface area contributed by atoms with Gasteiger partial charge >= 0.3 is 5.97 Å². The van der Waals surface area contributed by atoms with E-state index in [0.29, 0.717) is 17.9 Å². The molecule has 1 aliphatic heterocycles. The molecule has 0 radical (unpaired) electrons. The maximum absolute atomic E-state index is 11.5. The van der Waals surface area contributed by atoms with Crippen LogP contribution in [-0.2, 0) is 0 Å². The van der Waals surface area contributed by atoms with Crippen molar-refractivity contribution >= 4 is 16.9 Å². The van der Waals surface area contributed by atoms with Gasteiger partial charge in [0, 0.05) is 34.1 Å². The number of carbonyl (C=O) groups is 1. The van der Waals surface area contributed by atoms with Crippen molar-refractivity contribution in [3.63, 3.8) is 0 Å². The zero-order valence-corrected chi connectivity index (χ0v) is 13.6. The quantitative estimate of drug-likeness (QED) is 0.549. The number of fused-ring (bicyclic) bond motifs is 2. The van der Waals surface area contributed by atoms with E-state index in [4.69, 9.17) is 4.74 Å². The van der Waals surface area contributed by atoms with Crippen molar-refractivity contribution in [2.45, 2.75) is 12.1 Å². The molecule has 4 rings (SSSR count). The number of carboxylic acid groups (broad SMARTS) is 1. The number of aromatic carboxylic acids is 1. The minimum absolute atomic E-state index is 0.0865. The molecule has 6 heteroatoms. The number of aliphatic hydroxyl groups excluding tert-OH is 1. The van der Waals surface area contributed by atoms with Crippen molar-refractivity contribution in [3.8, 4) is 5.75 Å². The second kappa shape index (κ2) is 5.91. The smallest absolute Gasteiger partial charge is 0.335 e. The fraction of sp³-hybridized carbons (Fsp3) is 0.211. The van der Waals surface area contributed by atoms with E-state index in [2.05, 4.69) is 10.3 Å². The minimum atomic E-state index is -1.03. The largest absolute Gasteiger partial charge is 0.492 e. The van der Waals surface area contributed by atoms with Crippen LogP contribution in [0.1, 0.15) is 39.2 Å². The third-order valence-corrected chi connectivity index (χ3v) is 4.74. The summed E-state index contributed by atoms with van der Waals surface area (Å²) in [5.41, 5.74) is 3.47. The number of hydrogen-bond donors (Lipinski definition) is 4. The Morgan fingerprint density at radius 1 is 1.32 bits per heavy atom. The third-order valence-electron chi connectivity index (χ3n) is 4.74. The highest BCUT2D eigenvalue weighted by Crippen LogP contribution is 2.44. The van der Waals surface area contributed by atoms with Gasteiger partial charge in [-0.3, -0.25) is 5.32 Å². The van der Waals surface area contributed by atoms with Crippen LogP contribution >= 0.6 is 0 Å². The topological polar surface area (TPSA) is 94.6 Å². The van der Waals surface area contributed by atoms with E-state index >= 15 is 0 Å². The van der Waals surface area contributed by atoms with Gasteiger partial charge in [-0.25, -0.2) is 4.79 Å². The first-order valence-corrected chi connectivity index (χ1v) is 8.05. The second-order valence-corrected chi connectivity index (χ2v) is 6.13. The molecule has 0 fully saturated rings. The summed E-state index contributed by atoms with van der Waals surface area (Å²) in [7, 11) is 1.61. The maximum Gasteiger partial charge on any atom is 0.335 e. The monoisotopic (exact) mass is 338 g/mol. The van der Waals surface area contributed by atoms with Gasteiger partial charge in [-0.2, -0.15) is 0 Å². The van der Waals surface area contributed by atoms with Gasteiger partial charge in [0.25, 0.3) is 0 Å². The lowest BCUT2D eigenvalue weighted by Crippen LogP contribution is -2.17. The van der Waals surface area contributed by atoms with Crippen LogP contribution in [0.3, 0.4) is 0 Å². The van der Waals surface area contributed by atoms with Crippen molar-refractivity contribution in [3.05, 3.63) is 64.8 Å². The Hall–Kier alpha value is -2.83. The summed E-state index contributed by atoms with van der Waals surface area (Å²) >= 11 is 0. The fourth-order valence-electron chi connectivity index (χ4n) is 3.51. The first kappa shape index (κ1) is 15.7. The Labute approximate surface area is 144 Å². The first-order chi connectivity index (χ1) is 12.1. The number of rotatable bonds is 4. The molecule has 2 heterocycles. The van der Waals surface area contributed by atoms with E-state index in [1.54, 1.807) is 13.1 Å². The van der Waals surface area contributed by atoms with Gasteiger partial charge in [-0.15, -0.1) is 0 Å². The lowest BCUT2D eigenvalue weighted by atomic mass is 9.88. The number of aromatic nitrogens is 1. The molecule has 25 heavy (non-hydrogen) atoms. The van der Waals surface area contributed by atoms with Crippen LogP contribution in [-0.4, -0.2) is 34.8 Å². The van der Waals surface area contributed by atoms with Crippen molar-refractivity contribution < 1.29 is 19.7 Å². The zero-order chi connectivity index (χ0) is 17.6. The van der Waals surface area contributed by atoms with Crippen molar-refractivity contribution in [1.29, 1.82) is 0 Å². The third kappa shape index (κ3) is 2.47. The van der Waals surface area contributed by atoms with E-state index in [1.165, 1.54) is 6.07 Å². The van der Waals surface area contributed by atoms with Crippen molar-refractivity contribution in [1.82, 2.24) is 10.3 Å². The molecule has 2 atom stereocenters. The number of ether oxygens (including phenoxy) is 1. The molecule has 3 aromatic rings. The Bertz CT molecular complexity index is 963. The molecule has 0 saturated carbocycles. The Morgan fingerprint density at radius 2 is 2.16 bits per heavy atom. The van der Waals surface area contributed by atoms with Crippen LogP contribution in [0.5, 0.6) is 5.75 Å². The Kier molecular flexibility index (Phi) is 3.71. The number of aromatic amines is 1. The van der Waals surface area contributed by atoms with Crippen LogP contribution in [0.2, 0.25) is 0 Å². The van der Waals surface area contributed by atoms with Gasteiger partial charge in [-0.1, -0.05) is 12.1 Å². The first-order valence-electron chi connectivity index (χ1n) is 8.05. The number of hydrogen-bond acceptors (Lipinski definition) is 4. The summed E-state index contributed by atoms with van der Waals surface area (Å²) in [6.45, 7) is 0.409. The number of aliphatic hydroxyl groups is 1. The molecule has 1 aromatic heterocycles. The SMILES string of the molecule is CNC(O)c1cc(C(=O)O)cc2c1OCC2c1cccc2[nH]ccc12. The summed E-state index contributed by atoms with van der Waals surface area (Å²) in [5.74, 6) is -0.557. The summed E-state index contributed by atoms with van der Waals surface area (Å²) in [4.78, 5) is 14.7. The second-order valence-electron chi connectivity index (χ2n) is 6.13. The molecule has 1 aliphatic rings. The average Bonchev–Trinajstić information content (AvgIpc) is 3.26. The molecule has 0 amide bonds. The highest BCUT2D eigenvalue weighted by atomic mass is 16.5. The molecule has 6 nitrogen and oxygen atoms in total. The lowest BCUT2D eigenvalue weighted by molar-refractivity contribution is 0.0696. The molecule has 0 spiro atoms. The maximum atomic E-state index is 11.5. The molecule has 128 valence electrons. The molecular weight excluding hydrogens is 320 g/mol. The number of carboxylic acids is 1. The summed E-state index contributed by atoms with van der Waals surface area (Å²) in [6, 6.07) is 11.1. The van der Waals surface area contributed by atoms with E-state index in [1.807, 2.05) is 30.5 Å². The number of nitrogens with one attached hydrogen (secondary N) is 2. The molecule has 0 aliphatic carbocycles. The molecular formula is C19H18N2O4. The van der Waals surface area contributed by atoms with Gasteiger partial charge in [0.15, 0.2) is 0 Å². The fourth-order valence-corrected chi connectivity index (χ4v) is 3.51. The van der Waals surface area contributed by atoms with Crippen LogP contribution in [0, 0.1) is 0 Å². The Morgan fingerprint density at radius 3 is 2.92 bits per heavy atom. The van der Waals surface area contributed by atoms with Gasteiger partial charge in [0.1, 0.15) is 12.0 Å². The van der Waals surface area contributed by atoms with Crippen LogP contribution in [0.25, 0.3) is 10.9 Å². The van der Waals surface area contributed by atoms with Crippen LogP contribution in [0.15, 0.2) is 42.6 Å². The van der Waals surface area contributed by atoms with Gasteiger partial charge in [0.05, 0.1) is 12.2 Å². The number of H-pyrrole nitrogens is 1. The van der Waals surface area contributed by atoms with E-state index < -0.39 is 12.2 Å². The number of benzene rings is 2. The lowest BCUT2D eigenvalue weighted by Gasteiger charge is -2.16.